The molecule has 3 amide bonds. The summed E-state index contributed by atoms with van der Waals surface area (Å²) in [6.07, 6.45) is 2.43. The first-order valence-electron chi connectivity index (χ1n) is 11.5. The fraction of sp³-hybridized carbons (Fsp3) is 0.346. The van der Waals surface area contributed by atoms with E-state index in [-0.39, 0.29) is 17.7 Å². The lowest BCUT2D eigenvalue weighted by molar-refractivity contribution is -0.147. The normalized spacial score (nSPS) is 28.2. The number of rotatable bonds is 2. The van der Waals surface area contributed by atoms with Crippen LogP contribution in [-0.4, -0.2) is 39.2 Å². The number of aromatic amines is 1. The minimum absolute atomic E-state index is 0.236. The number of aromatic nitrogens is 1. The number of nitrogens with zero attached hydrogens (tertiary/aromatic N) is 1. The topological polar surface area (TPSA) is 94.3 Å². The number of carbonyl (C=O) groups excluding carboxylic acids is 3. The number of hydrogen-bond acceptors (Lipinski definition) is 4. The Balaban J connectivity index is 1.52. The quantitative estimate of drug-likeness (QED) is 0.493. The van der Waals surface area contributed by atoms with Gasteiger partial charge in [0.1, 0.15) is 5.54 Å². The summed E-state index contributed by atoms with van der Waals surface area (Å²) < 4.78 is 0. The summed E-state index contributed by atoms with van der Waals surface area (Å²) >= 11 is 6.41. The van der Waals surface area contributed by atoms with Gasteiger partial charge in [-0.15, -0.1) is 0 Å². The molecule has 0 radical (unpaired) electrons. The second-order valence-corrected chi connectivity index (χ2v) is 10.8. The van der Waals surface area contributed by atoms with E-state index in [2.05, 4.69) is 15.6 Å². The highest BCUT2D eigenvalue weighted by Gasteiger charge is 2.71. The Kier molecular flexibility index (Phi) is 4.36. The first-order valence-corrected chi connectivity index (χ1v) is 11.8. The van der Waals surface area contributed by atoms with Crippen molar-refractivity contribution in [2.45, 2.75) is 44.3 Å². The maximum atomic E-state index is 13.9. The summed E-state index contributed by atoms with van der Waals surface area (Å²) in [5, 5.41) is 7.84. The molecule has 0 aliphatic carbocycles. The van der Waals surface area contributed by atoms with E-state index in [9.17, 15) is 14.4 Å². The number of imide groups is 1. The van der Waals surface area contributed by atoms with Gasteiger partial charge in [-0.3, -0.25) is 24.6 Å². The second-order valence-electron chi connectivity index (χ2n) is 10.4. The van der Waals surface area contributed by atoms with Gasteiger partial charge in [-0.25, -0.2) is 0 Å². The average molecular weight is 477 g/mol. The number of H-pyrrole nitrogens is 1. The highest BCUT2D eigenvalue weighted by Crippen LogP contribution is 2.55. The number of anilines is 1. The standard InChI is InChI=1S/C26H25ClN4O3/c1-25(2,3)31-22(32)19-18(11-13-12-28-17-10-5-4-7-14(13)17)30-26(20(19)23(31)33)15-8-6-9-16(27)21(15)29-24(26)34/h4-10,12,18-20,28,30H,11H2,1-3H3,(H,29,34). The molecule has 0 bridgehead atoms. The van der Waals surface area contributed by atoms with Gasteiger partial charge >= 0.3 is 0 Å². The van der Waals surface area contributed by atoms with Gasteiger partial charge in [-0.1, -0.05) is 41.9 Å². The average Bonchev–Trinajstić information content (AvgIpc) is 3.48. The number of halogens is 1. The first kappa shape index (κ1) is 21.4. The highest BCUT2D eigenvalue weighted by molar-refractivity contribution is 6.35. The zero-order valence-electron chi connectivity index (χ0n) is 19.1. The monoisotopic (exact) mass is 476 g/mol. The lowest BCUT2D eigenvalue weighted by Crippen LogP contribution is -2.56. The second kappa shape index (κ2) is 6.93. The van der Waals surface area contributed by atoms with E-state index >= 15 is 0 Å². The molecule has 0 saturated carbocycles. The van der Waals surface area contributed by atoms with Crippen molar-refractivity contribution in [3.05, 3.63) is 64.8 Å². The van der Waals surface area contributed by atoms with E-state index in [4.69, 9.17) is 11.6 Å². The lowest BCUT2D eigenvalue weighted by atomic mass is 9.76. The number of para-hydroxylation sites is 2. The molecule has 3 aromatic rings. The number of carbonyl (C=O) groups is 3. The Morgan fingerprint density at radius 3 is 2.56 bits per heavy atom. The molecule has 4 unspecified atom stereocenters. The number of hydrogen-bond donors (Lipinski definition) is 3. The Morgan fingerprint density at radius 2 is 1.79 bits per heavy atom. The smallest absolute Gasteiger partial charge is 0.250 e. The summed E-state index contributed by atoms with van der Waals surface area (Å²) in [6, 6.07) is 12.8. The zero-order chi connectivity index (χ0) is 24.0. The first-order chi connectivity index (χ1) is 16.1. The third-order valence-corrected chi connectivity index (χ3v) is 7.80. The van der Waals surface area contributed by atoms with Crippen LogP contribution in [0.2, 0.25) is 5.02 Å². The van der Waals surface area contributed by atoms with Crippen molar-refractivity contribution in [3.8, 4) is 0 Å². The predicted molar refractivity (Wildman–Crippen MR) is 129 cm³/mol. The van der Waals surface area contributed by atoms with E-state index in [0.29, 0.717) is 22.7 Å². The zero-order valence-corrected chi connectivity index (χ0v) is 19.9. The molecule has 1 spiro atoms. The molecular formula is C26H25ClN4O3. The van der Waals surface area contributed by atoms with Gasteiger partial charge in [0.2, 0.25) is 17.7 Å². The Labute approximate surface area is 201 Å². The van der Waals surface area contributed by atoms with Gasteiger partial charge in [0, 0.05) is 34.2 Å². The SMILES string of the molecule is CC(C)(C)N1C(=O)C2C(Cc3c[nH]c4ccccc34)NC3(C(=O)Nc4c(Cl)cccc43)C2C1=O. The molecule has 2 fully saturated rings. The van der Waals surface area contributed by atoms with Crippen LogP contribution in [0.5, 0.6) is 0 Å². The summed E-state index contributed by atoms with van der Waals surface area (Å²) in [5.41, 5.74) is 1.11. The van der Waals surface area contributed by atoms with Crippen molar-refractivity contribution in [3.63, 3.8) is 0 Å². The summed E-state index contributed by atoms with van der Waals surface area (Å²) in [7, 11) is 0. The van der Waals surface area contributed by atoms with Crippen LogP contribution in [0, 0.1) is 11.8 Å². The summed E-state index contributed by atoms with van der Waals surface area (Å²) in [4.78, 5) is 45.9. The Morgan fingerprint density at radius 1 is 1.03 bits per heavy atom. The number of likely N-dealkylation sites (tertiary alicyclic amines) is 1. The number of benzene rings is 2. The Bertz CT molecular complexity index is 1390. The molecule has 3 aliphatic rings. The van der Waals surface area contributed by atoms with Gasteiger partial charge < -0.3 is 10.3 Å². The van der Waals surface area contributed by atoms with Gasteiger partial charge in [0.05, 0.1) is 22.5 Å². The fourth-order valence-electron chi connectivity index (χ4n) is 6.17. The Hall–Kier alpha value is -3.16. The van der Waals surface area contributed by atoms with Crippen molar-refractivity contribution in [1.82, 2.24) is 15.2 Å². The molecule has 7 nitrogen and oxygen atoms in total. The molecule has 4 atom stereocenters. The number of nitrogens with one attached hydrogen (secondary N) is 3. The van der Waals surface area contributed by atoms with E-state index < -0.39 is 29.0 Å². The summed E-state index contributed by atoms with van der Waals surface area (Å²) in [5.74, 6) is -2.42. The molecule has 34 heavy (non-hydrogen) atoms. The van der Waals surface area contributed by atoms with Crippen molar-refractivity contribution >= 4 is 45.9 Å². The van der Waals surface area contributed by atoms with Gasteiger partial charge in [-0.05, 0) is 44.9 Å². The minimum Gasteiger partial charge on any atom is -0.361 e. The molecule has 3 aliphatic heterocycles. The summed E-state index contributed by atoms with van der Waals surface area (Å²) in [6.45, 7) is 5.54. The molecule has 4 heterocycles. The van der Waals surface area contributed by atoms with Crippen LogP contribution >= 0.6 is 11.6 Å². The molecular weight excluding hydrogens is 452 g/mol. The van der Waals surface area contributed by atoms with Crippen molar-refractivity contribution in [1.29, 1.82) is 0 Å². The maximum Gasteiger partial charge on any atom is 0.250 e. The molecule has 2 aromatic carbocycles. The molecule has 6 rings (SSSR count). The number of fused-ring (bicyclic) bond motifs is 5. The van der Waals surface area contributed by atoms with Crippen LogP contribution in [0.15, 0.2) is 48.7 Å². The molecule has 3 N–H and O–H groups in total. The van der Waals surface area contributed by atoms with Crippen molar-refractivity contribution in [2.75, 3.05) is 5.32 Å². The van der Waals surface area contributed by atoms with Gasteiger partial charge in [0.25, 0.3) is 0 Å². The molecule has 8 heteroatoms. The predicted octanol–water partition coefficient (Wildman–Crippen LogP) is 3.58. The van der Waals surface area contributed by atoms with Crippen LogP contribution in [0.3, 0.4) is 0 Å². The highest BCUT2D eigenvalue weighted by atomic mass is 35.5. The molecule has 1 aromatic heterocycles. The number of amides is 3. The maximum absolute atomic E-state index is 13.9. The van der Waals surface area contributed by atoms with Crippen LogP contribution in [0.25, 0.3) is 10.9 Å². The fourth-order valence-corrected chi connectivity index (χ4v) is 6.39. The van der Waals surface area contributed by atoms with E-state index in [1.807, 2.05) is 57.3 Å². The van der Waals surface area contributed by atoms with Gasteiger partial charge in [0.15, 0.2) is 0 Å². The molecule has 2 saturated heterocycles. The van der Waals surface area contributed by atoms with Crippen LogP contribution < -0.4 is 10.6 Å². The lowest BCUT2D eigenvalue weighted by Gasteiger charge is -2.34. The molecule has 174 valence electrons. The third-order valence-electron chi connectivity index (χ3n) is 7.48. The third kappa shape index (κ3) is 2.65. The van der Waals surface area contributed by atoms with E-state index in [1.165, 1.54) is 4.90 Å². The van der Waals surface area contributed by atoms with Crippen molar-refractivity contribution in [2.24, 2.45) is 11.8 Å². The van der Waals surface area contributed by atoms with Crippen LogP contribution in [-0.2, 0) is 26.3 Å². The minimum atomic E-state index is -1.35. The van der Waals surface area contributed by atoms with Crippen LogP contribution in [0.1, 0.15) is 31.9 Å². The van der Waals surface area contributed by atoms with E-state index in [1.54, 1.807) is 12.1 Å². The van der Waals surface area contributed by atoms with Gasteiger partial charge in [-0.2, -0.15) is 0 Å². The van der Waals surface area contributed by atoms with Crippen LogP contribution in [0.4, 0.5) is 5.69 Å². The van der Waals surface area contributed by atoms with E-state index in [0.717, 1.165) is 16.5 Å². The van der Waals surface area contributed by atoms with Crippen molar-refractivity contribution < 1.29 is 14.4 Å². The largest absolute Gasteiger partial charge is 0.361 e.